The fraction of sp³-hybridized carbons (Fsp3) is 0.235. The van der Waals surface area contributed by atoms with Gasteiger partial charge in [-0.25, -0.2) is 4.79 Å². The zero-order valence-electron chi connectivity index (χ0n) is 12.8. The first-order chi connectivity index (χ1) is 10.7. The Kier molecular flexibility index (Phi) is 5.72. The van der Waals surface area contributed by atoms with Crippen molar-refractivity contribution in [1.82, 2.24) is 0 Å². The normalized spacial score (nSPS) is 10.1. The molecule has 5 heteroatoms. The molecule has 0 amide bonds. The van der Waals surface area contributed by atoms with E-state index in [9.17, 15) is 4.79 Å². The van der Waals surface area contributed by atoms with Gasteiger partial charge in [0.05, 0.1) is 26.9 Å². The van der Waals surface area contributed by atoms with Crippen LogP contribution in [0, 0.1) is 0 Å². The molecule has 0 radical (unpaired) electrons. The van der Waals surface area contributed by atoms with Crippen LogP contribution in [0.25, 0.3) is 0 Å². The molecular weight excluding hydrogens is 300 g/mol. The van der Waals surface area contributed by atoms with Crippen LogP contribution in [0.5, 0.6) is 11.5 Å². The Morgan fingerprint density at radius 2 is 1.59 bits per heavy atom. The SMILES string of the molecule is COC(=O)c1ccc(OC)cc1SCc1ccc(OC)cc1. The van der Waals surface area contributed by atoms with Gasteiger partial charge in [0.2, 0.25) is 0 Å². The van der Waals surface area contributed by atoms with Crippen molar-refractivity contribution in [2.24, 2.45) is 0 Å². The highest BCUT2D eigenvalue weighted by Gasteiger charge is 2.13. The number of hydrogen-bond acceptors (Lipinski definition) is 5. The molecule has 4 nitrogen and oxygen atoms in total. The van der Waals surface area contributed by atoms with Crippen LogP contribution in [-0.2, 0) is 10.5 Å². The molecule has 0 aliphatic carbocycles. The predicted molar refractivity (Wildman–Crippen MR) is 86.9 cm³/mol. The fourth-order valence-corrected chi connectivity index (χ4v) is 2.93. The Balaban J connectivity index is 2.17. The van der Waals surface area contributed by atoms with Crippen molar-refractivity contribution in [1.29, 1.82) is 0 Å². The maximum absolute atomic E-state index is 11.8. The number of benzene rings is 2. The molecule has 0 fully saturated rings. The third-order valence-electron chi connectivity index (χ3n) is 3.15. The molecule has 2 aromatic rings. The molecule has 0 aliphatic rings. The third-order valence-corrected chi connectivity index (χ3v) is 4.27. The summed E-state index contributed by atoms with van der Waals surface area (Å²) in [6, 6.07) is 13.2. The van der Waals surface area contributed by atoms with Crippen molar-refractivity contribution >= 4 is 17.7 Å². The zero-order valence-corrected chi connectivity index (χ0v) is 13.6. The highest BCUT2D eigenvalue weighted by atomic mass is 32.2. The van der Waals surface area contributed by atoms with E-state index in [0.29, 0.717) is 11.3 Å². The molecule has 0 saturated carbocycles. The van der Waals surface area contributed by atoms with Crippen molar-refractivity contribution < 1.29 is 19.0 Å². The lowest BCUT2D eigenvalue weighted by Crippen LogP contribution is -2.03. The topological polar surface area (TPSA) is 44.8 Å². The van der Waals surface area contributed by atoms with Crippen LogP contribution in [0.1, 0.15) is 15.9 Å². The first-order valence-corrected chi connectivity index (χ1v) is 7.68. The number of carbonyl (C=O) groups excluding carboxylic acids is 1. The molecule has 0 aliphatic heterocycles. The van der Waals surface area contributed by atoms with E-state index in [2.05, 4.69) is 0 Å². The van der Waals surface area contributed by atoms with Crippen molar-refractivity contribution in [2.45, 2.75) is 10.6 Å². The number of esters is 1. The van der Waals surface area contributed by atoms with Crippen LogP contribution in [0.15, 0.2) is 47.4 Å². The van der Waals surface area contributed by atoms with E-state index < -0.39 is 0 Å². The van der Waals surface area contributed by atoms with Gasteiger partial charge in [-0.15, -0.1) is 11.8 Å². The summed E-state index contributed by atoms with van der Waals surface area (Å²) in [5.41, 5.74) is 1.69. The molecule has 0 atom stereocenters. The first kappa shape index (κ1) is 16.2. The minimum absolute atomic E-state index is 0.347. The summed E-state index contributed by atoms with van der Waals surface area (Å²) in [6.07, 6.45) is 0. The van der Waals surface area contributed by atoms with E-state index in [1.807, 2.05) is 30.3 Å². The number of methoxy groups -OCH3 is 3. The van der Waals surface area contributed by atoms with Crippen LogP contribution < -0.4 is 9.47 Å². The van der Waals surface area contributed by atoms with Gasteiger partial charge in [0, 0.05) is 10.6 Å². The lowest BCUT2D eigenvalue weighted by atomic mass is 10.2. The predicted octanol–water partition coefficient (Wildman–Crippen LogP) is 3.78. The molecule has 0 bridgehead atoms. The van der Waals surface area contributed by atoms with Gasteiger partial charge in [0.1, 0.15) is 11.5 Å². The van der Waals surface area contributed by atoms with Crippen LogP contribution >= 0.6 is 11.8 Å². The van der Waals surface area contributed by atoms with Gasteiger partial charge in [-0.2, -0.15) is 0 Å². The maximum atomic E-state index is 11.8. The van der Waals surface area contributed by atoms with E-state index in [4.69, 9.17) is 14.2 Å². The molecule has 0 unspecified atom stereocenters. The second-order valence-electron chi connectivity index (χ2n) is 4.49. The van der Waals surface area contributed by atoms with E-state index >= 15 is 0 Å². The molecule has 2 aromatic carbocycles. The molecule has 0 N–H and O–H groups in total. The Morgan fingerprint density at radius 3 is 2.18 bits per heavy atom. The zero-order chi connectivity index (χ0) is 15.9. The lowest BCUT2D eigenvalue weighted by Gasteiger charge is -2.10. The highest BCUT2D eigenvalue weighted by Crippen LogP contribution is 2.30. The monoisotopic (exact) mass is 318 g/mol. The van der Waals surface area contributed by atoms with E-state index in [-0.39, 0.29) is 5.97 Å². The number of carbonyl (C=O) groups is 1. The van der Waals surface area contributed by atoms with Gasteiger partial charge >= 0.3 is 5.97 Å². The van der Waals surface area contributed by atoms with Gasteiger partial charge in [-0.3, -0.25) is 0 Å². The molecule has 0 aromatic heterocycles. The fourth-order valence-electron chi connectivity index (χ4n) is 1.91. The minimum atomic E-state index is -0.347. The molecule has 116 valence electrons. The molecular formula is C17H18O4S. The summed E-state index contributed by atoms with van der Waals surface area (Å²) in [6.45, 7) is 0. The second kappa shape index (κ2) is 7.75. The van der Waals surface area contributed by atoms with Crippen LogP contribution in [-0.4, -0.2) is 27.3 Å². The Labute approximate surface area is 134 Å². The van der Waals surface area contributed by atoms with E-state index in [1.54, 1.807) is 38.1 Å². The standard InChI is InChI=1S/C17H18O4S/c1-19-13-6-4-12(5-7-13)11-22-16-10-14(20-2)8-9-15(16)17(18)21-3/h4-10H,11H2,1-3H3. The Morgan fingerprint density at radius 1 is 0.955 bits per heavy atom. The summed E-state index contributed by atoms with van der Waals surface area (Å²) >= 11 is 1.57. The minimum Gasteiger partial charge on any atom is -0.497 e. The van der Waals surface area contributed by atoms with Crippen LogP contribution in [0.4, 0.5) is 0 Å². The van der Waals surface area contributed by atoms with Gasteiger partial charge in [-0.05, 0) is 35.9 Å². The highest BCUT2D eigenvalue weighted by molar-refractivity contribution is 7.98. The summed E-state index contributed by atoms with van der Waals surface area (Å²) in [4.78, 5) is 12.7. The molecule has 0 heterocycles. The van der Waals surface area contributed by atoms with E-state index in [1.165, 1.54) is 7.11 Å². The van der Waals surface area contributed by atoms with E-state index in [0.717, 1.165) is 22.0 Å². The largest absolute Gasteiger partial charge is 0.497 e. The summed E-state index contributed by atoms with van der Waals surface area (Å²) < 4.78 is 15.2. The van der Waals surface area contributed by atoms with Crippen LogP contribution in [0.3, 0.4) is 0 Å². The molecule has 0 saturated heterocycles. The van der Waals surface area contributed by atoms with Crippen molar-refractivity contribution in [3.63, 3.8) is 0 Å². The summed E-state index contributed by atoms with van der Waals surface area (Å²) in [5.74, 6) is 1.93. The number of hydrogen-bond donors (Lipinski definition) is 0. The van der Waals surface area contributed by atoms with Gasteiger partial charge in [0.15, 0.2) is 0 Å². The second-order valence-corrected chi connectivity index (χ2v) is 5.51. The molecule has 2 rings (SSSR count). The van der Waals surface area contributed by atoms with Gasteiger partial charge in [-0.1, -0.05) is 12.1 Å². The quantitative estimate of drug-likeness (QED) is 0.599. The van der Waals surface area contributed by atoms with Crippen LogP contribution in [0.2, 0.25) is 0 Å². The molecule has 22 heavy (non-hydrogen) atoms. The summed E-state index contributed by atoms with van der Waals surface area (Å²) in [7, 11) is 4.62. The molecule has 0 spiro atoms. The average molecular weight is 318 g/mol. The van der Waals surface area contributed by atoms with Gasteiger partial charge < -0.3 is 14.2 Å². The Bertz CT molecular complexity index is 638. The van der Waals surface area contributed by atoms with Crippen molar-refractivity contribution in [2.75, 3.05) is 21.3 Å². The first-order valence-electron chi connectivity index (χ1n) is 6.70. The smallest absolute Gasteiger partial charge is 0.338 e. The average Bonchev–Trinajstić information content (AvgIpc) is 2.59. The number of rotatable bonds is 6. The third kappa shape index (κ3) is 3.95. The number of thioether (sulfide) groups is 1. The van der Waals surface area contributed by atoms with Gasteiger partial charge in [0.25, 0.3) is 0 Å². The Hall–Kier alpha value is -2.14. The maximum Gasteiger partial charge on any atom is 0.338 e. The van der Waals surface area contributed by atoms with Crippen molar-refractivity contribution in [3.8, 4) is 11.5 Å². The summed E-state index contributed by atoms with van der Waals surface area (Å²) in [5, 5.41) is 0. The number of ether oxygens (including phenoxy) is 3. The lowest BCUT2D eigenvalue weighted by molar-refractivity contribution is 0.0596. The van der Waals surface area contributed by atoms with Crippen molar-refractivity contribution in [3.05, 3.63) is 53.6 Å².